The van der Waals surface area contributed by atoms with Gasteiger partial charge in [-0.3, -0.25) is 19.3 Å². The summed E-state index contributed by atoms with van der Waals surface area (Å²) < 4.78 is 0. The van der Waals surface area contributed by atoms with Crippen LogP contribution in [0.25, 0.3) is 0 Å². The molecule has 5 heteroatoms. The number of fused-ring (bicyclic) bond motifs is 1. The van der Waals surface area contributed by atoms with E-state index in [1.165, 1.54) is 4.90 Å². The van der Waals surface area contributed by atoms with Crippen LogP contribution in [0, 0.1) is 6.92 Å². The third-order valence-electron chi connectivity index (χ3n) is 4.10. The molecule has 0 saturated heterocycles. The number of carbonyl (C=O) groups excluding carboxylic acids is 3. The summed E-state index contributed by atoms with van der Waals surface area (Å²) in [7, 11) is 0. The molecule has 0 N–H and O–H groups in total. The van der Waals surface area contributed by atoms with Crippen molar-refractivity contribution in [3.05, 3.63) is 70.8 Å². The number of carbonyl (C=O) groups is 3. The molecule has 0 fully saturated rings. The van der Waals surface area contributed by atoms with Crippen LogP contribution in [0.15, 0.2) is 48.5 Å². The van der Waals surface area contributed by atoms with Crippen molar-refractivity contribution in [3.63, 3.8) is 0 Å². The maximum atomic E-state index is 12.4. The quantitative estimate of drug-likeness (QED) is 0.448. The molecule has 2 amide bonds. The minimum Gasteiger partial charge on any atom is -0.293 e. The van der Waals surface area contributed by atoms with Gasteiger partial charge in [-0.15, -0.1) is 0 Å². The lowest BCUT2D eigenvalue weighted by Crippen LogP contribution is -2.33. The van der Waals surface area contributed by atoms with E-state index < -0.39 is 4.83 Å². The van der Waals surface area contributed by atoms with Gasteiger partial charge in [0, 0.05) is 12.1 Å². The Labute approximate surface area is 148 Å². The maximum Gasteiger partial charge on any atom is 0.261 e. The molecule has 1 aliphatic rings. The van der Waals surface area contributed by atoms with Crippen LogP contribution in [0.3, 0.4) is 0 Å². The van der Waals surface area contributed by atoms with Gasteiger partial charge in [0.05, 0.1) is 16.0 Å². The van der Waals surface area contributed by atoms with Crippen LogP contribution < -0.4 is 0 Å². The summed E-state index contributed by atoms with van der Waals surface area (Å²) in [5.74, 6) is -0.636. The highest BCUT2D eigenvalue weighted by atomic mass is 79.9. The smallest absolute Gasteiger partial charge is 0.261 e. The Morgan fingerprint density at radius 1 is 1.00 bits per heavy atom. The van der Waals surface area contributed by atoms with Crippen LogP contribution in [-0.4, -0.2) is 33.9 Å². The lowest BCUT2D eigenvalue weighted by atomic mass is 10.0. The second-order valence-electron chi connectivity index (χ2n) is 5.79. The molecular formula is C19H16BrNO3. The van der Waals surface area contributed by atoms with Gasteiger partial charge in [0.1, 0.15) is 0 Å². The van der Waals surface area contributed by atoms with E-state index in [-0.39, 0.29) is 24.1 Å². The van der Waals surface area contributed by atoms with Gasteiger partial charge in [-0.05, 0) is 25.5 Å². The fourth-order valence-electron chi connectivity index (χ4n) is 2.71. The van der Waals surface area contributed by atoms with Crippen LogP contribution in [0.5, 0.6) is 0 Å². The van der Waals surface area contributed by atoms with E-state index >= 15 is 0 Å². The Balaban J connectivity index is 1.66. The predicted octanol–water partition coefficient (Wildman–Crippen LogP) is 3.63. The summed E-state index contributed by atoms with van der Waals surface area (Å²) in [6.45, 7) is 2.17. The Morgan fingerprint density at radius 3 is 2.08 bits per heavy atom. The molecule has 3 rings (SSSR count). The molecule has 0 saturated carbocycles. The Bertz CT molecular complexity index is 779. The number of rotatable bonds is 5. The topological polar surface area (TPSA) is 54.5 Å². The first-order chi connectivity index (χ1) is 11.5. The standard InChI is InChI=1S/C19H16BrNO3/c1-12-6-8-13(9-7-12)17(22)16(20)10-11-21-18(23)14-4-2-3-5-15(14)19(21)24/h2-9,16H,10-11H2,1H3. The summed E-state index contributed by atoms with van der Waals surface area (Å²) >= 11 is 3.38. The maximum absolute atomic E-state index is 12.4. The first-order valence-electron chi connectivity index (χ1n) is 7.69. The first-order valence-corrected chi connectivity index (χ1v) is 8.61. The SMILES string of the molecule is Cc1ccc(C(=O)C(Br)CCN2C(=O)c3ccccc3C2=O)cc1. The summed E-state index contributed by atoms with van der Waals surface area (Å²) in [5, 5.41) is 0. The van der Waals surface area contributed by atoms with Gasteiger partial charge in [-0.25, -0.2) is 0 Å². The van der Waals surface area contributed by atoms with Crippen LogP contribution in [0.2, 0.25) is 0 Å². The van der Waals surface area contributed by atoms with Crippen LogP contribution in [0.1, 0.15) is 43.1 Å². The fraction of sp³-hybridized carbons (Fsp3) is 0.211. The number of aryl methyl sites for hydroxylation is 1. The van der Waals surface area contributed by atoms with Crippen molar-refractivity contribution in [2.45, 2.75) is 18.2 Å². The van der Waals surface area contributed by atoms with Crippen molar-refractivity contribution < 1.29 is 14.4 Å². The zero-order valence-corrected chi connectivity index (χ0v) is 14.7. The minimum absolute atomic E-state index is 0.0494. The number of halogens is 1. The lowest BCUT2D eigenvalue weighted by Gasteiger charge is -2.16. The van der Waals surface area contributed by atoms with Crippen molar-refractivity contribution >= 4 is 33.5 Å². The average molecular weight is 386 g/mol. The number of imide groups is 1. The fourth-order valence-corrected chi connectivity index (χ4v) is 3.18. The number of benzene rings is 2. The zero-order chi connectivity index (χ0) is 17.3. The van der Waals surface area contributed by atoms with Crippen molar-refractivity contribution in [1.29, 1.82) is 0 Å². The zero-order valence-electron chi connectivity index (χ0n) is 13.2. The van der Waals surface area contributed by atoms with E-state index in [0.717, 1.165) is 5.56 Å². The number of hydrogen-bond donors (Lipinski definition) is 0. The van der Waals surface area contributed by atoms with Crippen molar-refractivity contribution in [2.24, 2.45) is 0 Å². The minimum atomic E-state index is -0.440. The lowest BCUT2D eigenvalue weighted by molar-refractivity contribution is 0.0648. The summed E-state index contributed by atoms with van der Waals surface area (Å²) in [4.78, 5) is 37.8. The van der Waals surface area contributed by atoms with Gasteiger partial charge < -0.3 is 0 Å². The van der Waals surface area contributed by atoms with Crippen molar-refractivity contribution in [2.75, 3.05) is 6.54 Å². The highest BCUT2D eigenvalue weighted by molar-refractivity contribution is 9.10. The van der Waals surface area contributed by atoms with Gasteiger partial charge in [0.2, 0.25) is 0 Å². The summed E-state index contributed by atoms with van der Waals surface area (Å²) in [5.41, 5.74) is 2.56. The number of hydrogen-bond acceptors (Lipinski definition) is 3. The largest absolute Gasteiger partial charge is 0.293 e. The molecule has 0 aromatic heterocycles. The molecule has 2 aromatic rings. The summed E-state index contributed by atoms with van der Waals surface area (Å²) in [6.07, 6.45) is 0.373. The van der Waals surface area contributed by atoms with Gasteiger partial charge in [0.15, 0.2) is 5.78 Å². The Morgan fingerprint density at radius 2 is 1.54 bits per heavy atom. The van der Waals surface area contributed by atoms with Gasteiger partial charge in [0.25, 0.3) is 11.8 Å². The molecule has 0 aliphatic carbocycles. The number of amides is 2. The molecule has 4 nitrogen and oxygen atoms in total. The number of alkyl halides is 1. The van der Waals surface area contributed by atoms with E-state index in [0.29, 0.717) is 23.1 Å². The normalized spacial score (nSPS) is 14.7. The molecule has 1 unspecified atom stereocenters. The second kappa shape index (κ2) is 6.69. The average Bonchev–Trinajstić information content (AvgIpc) is 2.84. The number of nitrogens with zero attached hydrogens (tertiary/aromatic N) is 1. The van der Waals surface area contributed by atoms with E-state index in [2.05, 4.69) is 15.9 Å². The van der Waals surface area contributed by atoms with E-state index in [1.54, 1.807) is 36.4 Å². The van der Waals surface area contributed by atoms with Crippen LogP contribution >= 0.6 is 15.9 Å². The molecule has 0 radical (unpaired) electrons. The van der Waals surface area contributed by atoms with Gasteiger partial charge >= 0.3 is 0 Å². The molecule has 2 aromatic carbocycles. The van der Waals surface area contributed by atoms with E-state index in [1.807, 2.05) is 19.1 Å². The first kappa shape index (κ1) is 16.6. The van der Waals surface area contributed by atoms with E-state index in [4.69, 9.17) is 0 Å². The molecule has 0 spiro atoms. The Hall–Kier alpha value is -2.27. The van der Waals surface area contributed by atoms with Gasteiger partial charge in [-0.1, -0.05) is 57.9 Å². The van der Waals surface area contributed by atoms with E-state index in [9.17, 15) is 14.4 Å². The molecule has 24 heavy (non-hydrogen) atoms. The number of ketones is 1. The molecule has 122 valence electrons. The third kappa shape index (κ3) is 3.04. The highest BCUT2D eigenvalue weighted by Gasteiger charge is 2.35. The Kier molecular flexibility index (Phi) is 4.62. The molecule has 1 heterocycles. The molecule has 0 bridgehead atoms. The van der Waals surface area contributed by atoms with Crippen LogP contribution in [0.4, 0.5) is 0 Å². The molecule has 1 aliphatic heterocycles. The molecule has 1 atom stereocenters. The van der Waals surface area contributed by atoms with Gasteiger partial charge in [-0.2, -0.15) is 0 Å². The summed E-state index contributed by atoms with van der Waals surface area (Å²) in [6, 6.07) is 14.1. The number of Topliss-reactive ketones (excluding diaryl/α,β-unsaturated/α-hetero) is 1. The monoisotopic (exact) mass is 385 g/mol. The third-order valence-corrected chi connectivity index (χ3v) is 4.98. The van der Waals surface area contributed by atoms with Crippen molar-refractivity contribution in [3.8, 4) is 0 Å². The highest BCUT2D eigenvalue weighted by Crippen LogP contribution is 2.24. The van der Waals surface area contributed by atoms with Crippen LogP contribution in [-0.2, 0) is 0 Å². The molecular weight excluding hydrogens is 370 g/mol. The second-order valence-corrected chi connectivity index (χ2v) is 6.90. The van der Waals surface area contributed by atoms with Crippen molar-refractivity contribution in [1.82, 2.24) is 4.90 Å². The predicted molar refractivity (Wildman–Crippen MR) is 94.7 cm³/mol.